The molecule has 4 heteroatoms. The maximum absolute atomic E-state index is 12.1. The summed E-state index contributed by atoms with van der Waals surface area (Å²) in [6.07, 6.45) is 0. The summed E-state index contributed by atoms with van der Waals surface area (Å²) in [6, 6.07) is 5.41. The molecule has 3 N–H and O–H groups in total. The van der Waals surface area contributed by atoms with Crippen LogP contribution in [0.4, 0.5) is 5.69 Å². The topological polar surface area (TPSA) is 66.6 Å². The lowest BCUT2D eigenvalue weighted by Gasteiger charge is -2.44. The van der Waals surface area contributed by atoms with E-state index in [9.17, 15) is 9.90 Å². The van der Waals surface area contributed by atoms with Crippen LogP contribution < -0.4 is 5.73 Å². The third-order valence-electron chi connectivity index (χ3n) is 2.87. The van der Waals surface area contributed by atoms with Crippen LogP contribution in [0.3, 0.4) is 0 Å². The lowest BCUT2D eigenvalue weighted by atomic mass is 9.94. The van der Waals surface area contributed by atoms with Crippen LogP contribution in [-0.2, 0) is 0 Å². The Morgan fingerprint density at radius 1 is 1.50 bits per heavy atom. The highest BCUT2D eigenvalue weighted by molar-refractivity contribution is 6.01. The first-order chi connectivity index (χ1) is 7.41. The Morgan fingerprint density at radius 2 is 2.12 bits per heavy atom. The Balaban J connectivity index is 2.23. The fourth-order valence-electron chi connectivity index (χ4n) is 2.06. The second kappa shape index (κ2) is 3.49. The molecule has 0 spiro atoms. The molecule has 2 rings (SSSR count). The maximum atomic E-state index is 12.1. The first kappa shape index (κ1) is 11.0. The number of carbonyl (C=O) groups excluding carboxylic acids is 1. The normalized spacial score (nSPS) is 18.1. The largest absolute Gasteiger partial charge is 0.398 e. The van der Waals surface area contributed by atoms with Crippen LogP contribution in [0.15, 0.2) is 18.2 Å². The molecule has 0 aromatic heterocycles. The summed E-state index contributed by atoms with van der Waals surface area (Å²) < 4.78 is 0. The van der Waals surface area contributed by atoms with Crippen LogP contribution in [0, 0.1) is 6.92 Å². The van der Waals surface area contributed by atoms with Crippen molar-refractivity contribution in [2.75, 3.05) is 18.8 Å². The SMILES string of the molecule is Cc1cccc(N)c1C(=O)N1CC(C)(O)C1. The van der Waals surface area contributed by atoms with E-state index < -0.39 is 5.60 Å². The van der Waals surface area contributed by atoms with Gasteiger partial charge in [0.2, 0.25) is 0 Å². The van der Waals surface area contributed by atoms with Crippen molar-refractivity contribution in [3.05, 3.63) is 29.3 Å². The number of rotatable bonds is 1. The average Bonchev–Trinajstić information content (AvgIpc) is 2.13. The van der Waals surface area contributed by atoms with E-state index in [-0.39, 0.29) is 5.91 Å². The van der Waals surface area contributed by atoms with E-state index in [1.54, 1.807) is 17.9 Å². The van der Waals surface area contributed by atoms with Crippen molar-refractivity contribution in [1.29, 1.82) is 0 Å². The van der Waals surface area contributed by atoms with E-state index in [0.717, 1.165) is 5.56 Å². The molecule has 0 bridgehead atoms. The number of hydrogen-bond donors (Lipinski definition) is 2. The van der Waals surface area contributed by atoms with Crippen LogP contribution in [0.1, 0.15) is 22.8 Å². The van der Waals surface area contributed by atoms with Gasteiger partial charge in [-0.3, -0.25) is 4.79 Å². The van der Waals surface area contributed by atoms with Crippen LogP contribution in [0.2, 0.25) is 0 Å². The van der Waals surface area contributed by atoms with Crippen molar-refractivity contribution in [2.45, 2.75) is 19.4 Å². The summed E-state index contributed by atoms with van der Waals surface area (Å²) in [5, 5.41) is 9.59. The second-order valence-electron chi connectivity index (χ2n) is 4.70. The molecule has 1 saturated heterocycles. The summed E-state index contributed by atoms with van der Waals surface area (Å²) in [5.74, 6) is -0.0953. The molecule has 0 atom stereocenters. The van der Waals surface area contributed by atoms with Crippen LogP contribution in [0.5, 0.6) is 0 Å². The molecule has 0 unspecified atom stereocenters. The van der Waals surface area contributed by atoms with Gasteiger partial charge < -0.3 is 15.7 Å². The summed E-state index contributed by atoms with van der Waals surface area (Å²) in [7, 11) is 0. The van der Waals surface area contributed by atoms with Crippen molar-refractivity contribution >= 4 is 11.6 Å². The predicted octanol–water partition coefficient (Wildman–Crippen LogP) is 0.784. The molecule has 1 amide bonds. The Kier molecular flexibility index (Phi) is 2.39. The zero-order valence-electron chi connectivity index (χ0n) is 9.53. The zero-order valence-corrected chi connectivity index (χ0v) is 9.53. The minimum atomic E-state index is -0.743. The fraction of sp³-hybridized carbons (Fsp3) is 0.417. The van der Waals surface area contributed by atoms with E-state index >= 15 is 0 Å². The van der Waals surface area contributed by atoms with Gasteiger partial charge in [-0.25, -0.2) is 0 Å². The van der Waals surface area contributed by atoms with E-state index in [2.05, 4.69) is 0 Å². The molecule has 16 heavy (non-hydrogen) atoms. The zero-order chi connectivity index (χ0) is 11.9. The highest BCUT2D eigenvalue weighted by atomic mass is 16.3. The molecule has 1 aliphatic rings. The number of likely N-dealkylation sites (tertiary alicyclic amines) is 1. The minimum absolute atomic E-state index is 0.0953. The number of β-amino-alcohol motifs (C(OH)–C–C–N with tert-alkyl or cyclic N) is 1. The van der Waals surface area contributed by atoms with Gasteiger partial charge in [0.25, 0.3) is 5.91 Å². The van der Waals surface area contributed by atoms with Gasteiger partial charge in [0.1, 0.15) is 0 Å². The quantitative estimate of drug-likeness (QED) is 0.687. The number of nitrogens with two attached hydrogens (primary N) is 1. The molecule has 1 aromatic rings. The number of aliphatic hydroxyl groups is 1. The molecular formula is C12H16N2O2. The Bertz CT molecular complexity index is 412. The lowest BCUT2D eigenvalue weighted by molar-refractivity contribution is -0.0668. The molecule has 86 valence electrons. The number of benzene rings is 1. The van der Waals surface area contributed by atoms with E-state index in [1.807, 2.05) is 19.1 Å². The Hall–Kier alpha value is -1.55. The Morgan fingerprint density at radius 3 is 2.62 bits per heavy atom. The summed E-state index contributed by atoms with van der Waals surface area (Å²) in [5.41, 5.74) is 6.98. The molecule has 1 fully saturated rings. The third kappa shape index (κ3) is 1.76. The van der Waals surface area contributed by atoms with Gasteiger partial charge in [0.05, 0.1) is 24.3 Å². The minimum Gasteiger partial charge on any atom is -0.398 e. The number of hydrogen-bond acceptors (Lipinski definition) is 3. The number of nitrogen functional groups attached to an aromatic ring is 1. The van der Waals surface area contributed by atoms with Crippen LogP contribution >= 0.6 is 0 Å². The predicted molar refractivity (Wildman–Crippen MR) is 62.1 cm³/mol. The van der Waals surface area contributed by atoms with Gasteiger partial charge in [0.15, 0.2) is 0 Å². The van der Waals surface area contributed by atoms with Crippen LogP contribution in [-0.4, -0.2) is 34.6 Å². The lowest BCUT2D eigenvalue weighted by Crippen LogP contribution is -2.61. The second-order valence-corrected chi connectivity index (χ2v) is 4.70. The maximum Gasteiger partial charge on any atom is 0.256 e. The number of anilines is 1. The van der Waals surface area contributed by atoms with Crippen molar-refractivity contribution < 1.29 is 9.90 Å². The molecule has 4 nitrogen and oxygen atoms in total. The van der Waals surface area contributed by atoms with E-state index in [4.69, 9.17) is 5.73 Å². The number of nitrogens with zero attached hydrogens (tertiary/aromatic N) is 1. The van der Waals surface area contributed by atoms with Crippen molar-refractivity contribution in [3.8, 4) is 0 Å². The Labute approximate surface area is 94.7 Å². The van der Waals surface area contributed by atoms with Gasteiger partial charge in [-0.15, -0.1) is 0 Å². The molecule has 1 aromatic carbocycles. The average molecular weight is 220 g/mol. The number of carbonyl (C=O) groups is 1. The van der Waals surface area contributed by atoms with Gasteiger partial charge in [-0.1, -0.05) is 12.1 Å². The summed E-state index contributed by atoms with van der Waals surface area (Å²) in [4.78, 5) is 13.7. The van der Waals surface area contributed by atoms with Crippen molar-refractivity contribution in [2.24, 2.45) is 0 Å². The third-order valence-corrected chi connectivity index (χ3v) is 2.87. The first-order valence-electron chi connectivity index (χ1n) is 5.27. The molecule has 0 aliphatic carbocycles. The molecule has 1 heterocycles. The van der Waals surface area contributed by atoms with Crippen LogP contribution in [0.25, 0.3) is 0 Å². The van der Waals surface area contributed by atoms with E-state index in [1.165, 1.54) is 0 Å². The van der Waals surface area contributed by atoms with Crippen molar-refractivity contribution in [1.82, 2.24) is 4.90 Å². The van der Waals surface area contributed by atoms with E-state index in [0.29, 0.717) is 24.3 Å². The molecule has 1 aliphatic heterocycles. The van der Waals surface area contributed by atoms with Crippen molar-refractivity contribution in [3.63, 3.8) is 0 Å². The number of aryl methyl sites for hydroxylation is 1. The molecule has 0 radical (unpaired) electrons. The number of amides is 1. The van der Waals surface area contributed by atoms with Gasteiger partial charge in [-0.05, 0) is 25.5 Å². The summed E-state index contributed by atoms with van der Waals surface area (Å²) >= 11 is 0. The molecule has 0 saturated carbocycles. The highest BCUT2D eigenvalue weighted by Gasteiger charge is 2.40. The van der Waals surface area contributed by atoms with Gasteiger partial charge >= 0.3 is 0 Å². The first-order valence-corrected chi connectivity index (χ1v) is 5.27. The standard InChI is InChI=1S/C12H16N2O2/c1-8-4-3-5-9(13)10(8)11(15)14-6-12(2,16)7-14/h3-5,16H,6-7,13H2,1-2H3. The smallest absolute Gasteiger partial charge is 0.256 e. The van der Waals surface area contributed by atoms with Gasteiger partial charge in [-0.2, -0.15) is 0 Å². The monoisotopic (exact) mass is 220 g/mol. The fourth-order valence-corrected chi connectivity index (χ4v) is 2.06. The highest BCUT2D eigenvalue weighted by Crippen LogP contribution is 2.25. The van der Waals surface area contributed by atoms with Gasteiger partial charge in [0, 0.05) is 5.69 Å². The summed E-state index contributed by atoms with van der Waals surface area (Å²) in [6.45, 7) is 4.33. The molecular weight excluding hydrogens is 204 g/mol.